The molecule has 0 spiro atoms. The van der Waals surface area contributed by atoms with Crippen molar-refractivity contribution in [3.63, 3.8) is 0 Å². The standard InChI is InChI=1S/C19H21FN4O3S/c1-12-4-7-16(22-10-12)17(25)9-13-5-6-15(20)14(8-13)19(2)11-28(26,27)24(3)18(21)23-19/h4-8,10H,9,11H2,1-3H3,(H2,21,23)/t19-/m0/s1. The first kappa shape index (κ1) is 19.9. The molecule has 0 radical (unpaired) electrons. The summed E-state index contributed by atoms with van der Waals surface area (Å²) in [5.41, 5.74) is 6.21. The maximum atomic E-state index is 14.6. The van der Waals surface area contributed by atoms with E-state index < -0.39 is 27.1 Å². The Bertz CT molecular complexity index is 1070. The molecule has 0 saturated heterocycles. The van der Waals surface area contributed by atoms with Gasteiger partial charge in [0.25, 0.3) is 0 Å². The van der Waals surface area contributed by atoms with Crippen LogP contribution >= 0.6 is 0 Å². The number of sulfonamides is 1. The maximum Gasteiger partial charge on any atom is 0.239 e. The number of pyridine rings is 1. The SMILES string of the molecule is Cc1ccc(C(=O)Cc2ccc(F)c([C@]3(C)CS(=O)(=O)N(C)C(N)=N3)c2)nc1. The fourth-order valence-corrected chi connectivity index (χ4v) is 4.54. The van der Waals surface area contributed by atoms with Gasteiger partial charge in [-0.25, -0.2) is 22.1 Å². The van der Waals surface area contributed by atoms with Gasteiger partial charge in [0.15, 0.2) is 5.78 Å². The van der Waals surface area contributed by atoms with Crippen molar-refractivity contribution in [1.82, 2.24) is 9.29 Å². The van der Waals surface area contributed by atoms with Gasteiger partial charge >= 0.3 is 0 Å². The molecule has 1 aliphatic rings. The summed E-state index contributed by atoms with van der Waals surface area (Å²) in [6.45, 7) is 3.38. The van der Waals surface area contributed by atoms with Crippen molar-refractivity contribution in [3.05, 3.63) is 64.7 Å². The molecule has 0 amide bonds. The number of carbonyl (C=O) groups is 1. The smallest absolute Gasteiger partial charge is 0.239 e. The average Bonchev–Trinajstić information content (AvgIpc) is 2.61. The maximum absolute atomic E-state index is 14.6. The zero-order valence-corrected chi connectivity index (χ0v) is 16.6. The van der Waals surface area contributed by atoms with Crippen LogP contribution in [0.1, 0.15) is 34.1 Å². The number of aromatic nitrogens is 1. The Balaban J connectivity index is 1.96. The van der Waals surface area contributed by atoms with Gasteiger partial charge in [0.05, 0.1) is 5.75 Å². The summed E-state index contributed by atoms with van der Waals surface area (Å²) in [6, 6.07) is 7.60. The van der Waals surface area contributed by atoms with E-state index in [1.807, 2.05) is 6.92 Å². The molecule has 7 nitrogen and oxygen atoms in total. The number of benzene rings is 1. The highest BCUT2D eigenvalue weighted by atomic mass is 32.2. The number of rotatable bonds is 4. The zero-order chi connectivity index (χ0) is 20.7. The Morgan fingerprint density at radius 3 is 2.64 bits per heavy atom. The summed E-state index contributed by atoms with van der Waals surface area (Å²) >= 11 is 0. The van der Waals surface area contributed by atoms with E-state index in [4.69, 9.17) is 5.73 Å². The second-order valence-corrected chi connectivity index (χ2v) is 9.10. The molecule has 9 heteroatoms. The van der Waals surface area contributed by atoms with Gasteiger partial charge in [0.2, 0.25) is 16.0 Å². The summed E-state index contributed by atoms with van der Waals surface area (Å²) in [7, 11) is -2.43. The molecule has 3 rings (SSSR count). The van der Waals surface area contributed by atoms with Crippen LogP contribution in [-0.2, 0) is 22.0 Å². The highest BCUT2D eigenvalue weighted by molar-refractivity contribution is 7.89. The monoisotopic (exact) mass is 404 g/mol. The van der Waals surface area contributed by atoms with Crippen LogP contribution in [-0.4, -0.2) is 42.3 Å². The molecule has 2 aromatic rings. The molecule has 28 heavy (non-hydrogen) atoms. The average molecular weight is 404 g/mol. The molecule has 0 fully saturated rings. The summed E-state index contributed by atoms with van der Waals surface area (Å²) in [5.74, 6) is -1.46. The fraction of sp³-hybridized carbons (Fsp3) is 0.316. The van der Waals surface area contributed by atoms with Crippen LogP contribution < -0.4 is 5.73 Å². The van der Waals surface area contributed by atoms with Crippen molar-refractivity contribution in [2.75, 3.05) is 12.8 Å². The van der Waals surface area contributed by atoms with Crippen LogP contribution in [0.3, 0.4) is 0 Å². The van der Waals surface area contributed by atoms with Crippen LogP contribution in [0.4, 0.5) is 4.39 Å². The van der Waals surface area contributed by atoms with Gasteiger partial charge < -0.3 is 5.73 Å². The Hall–Kier alpha value is -2.81. The Morgan fingerprint density at radius 2 is 2.04 bits per heavy atom. The van der Waals surface area contributed by atoms with E-state index in [9.17, 15) is 17.6 Å². The van der Waals surface area contributed by atoms with Crippen LogP contribution in [0.2, 0.25) is 0 Å². The minimum Gasteiger partial charge on any atom is -0.369 e. The normalized spacial score (nSPS) is 21.3. The summed E-state index contributed by atoms with van der Waals surface area (Å²) < 4.78 is 40.1. The Kier molecular flexibility index (Phi) is 4.97. The van der Waals surface area contributed by atoms with E-state index in [0.717, 1.165) is 9.87 Å². The number of hydrogen-bond donors (Lipinski definition) is 1. The van der Waals surface area contributed by atoms with Gasteiger partial charge in [-0.1, -0.05) is 12.1 Å². The van der Waals surface area contributed by atoms with Crippen molar-refractivity contribution in [1.29, 1.82) is 0 Å². The van der Waals surface area contributed by atoms with E-state index in [1.165, 1.54) is 32.2 Å². The lowest BCUT2D eigenvalue weighted by Gasteiger charge is -2.34. The molecule has 0 unspecified atom stereocenters. The first-order valence-electron chi connectivity index (χ1n) is 8.58. The molecule has 2 N–H and O–H groups in total. The van der Waals surface area contributed by atoms with Crippen LogP contribution in [0.5, 0.6) is 0 Å². The number of hydrogen-bond acceptors (Lipinski definition) is 6. The topological polar surface area (TPSA) is 106 Å². The first-order valence-corrected chi connectivity index (χ1v) is 10.2. The van der Waals surface area contributed by atoms with E-state index in [-0.39, 0.29) is 23.7 Å². The van der Waals surface area contributed by atoms with Crippen LogP contribution in [0.15, 0.2) is 41.5 Å². The zero-order valence-electron chi connectivity index (χ0n) is 15.8. The predicted molar refractivity (Wildman–Crippen MR) is 104 cm³/mol. The first-order chi connectivity index (χ1) is 13.0. The van der Waals surface area contributed by atoms with Crippen molar-refractivity contribution in [3.8, 4) is 0 Å². The molecule has 1 aliphatic heterocycles. The van der Waals surface area contributed by atoms with Crippen molar-refractivity contribution in [2.24, 2.45) is 10.7 Å². The number of guanidine groups is 1. The number of nitrogens with zero attached hydrogens (tertiary/aromatic N) is 3. The predicted octanol–water partition coefficient (Wildman–Crippen LogP) is 1.76. The van der Waals surface area contributed by atoms with E-state index in [2.05, 4.69) is 9.98 Å². The summed E-state index contributed by atoms with van der Waals surface area (Å²) in [5, 5.41) is 0. The van der Waals surface area contributed by atoms with E-state index in [0.29, 0.717) is 11.3 Å². The number of halogens is 1. The number of aliphatic imine (C=N–C) groups is 1. The highest BCUT2D eigenvalue weighted by Gasteiger charge is 2.41. The van der Waals surface area contributed by atoms with Gasteiger partial charge in [-0.2, -0.15) is 0 Å². The van der Waals surface area contributed by atoms with Crippen LogP contribution in [0, 0.1) is 12.7 Å². The summed E-state index contributed by atoms with van der Waals surface area (Å²) in [4.78, 5) is 20.8. The van der Waals surface area contributed by atoms with Gasteiger partial charge in [-0.3, -0.25) is 9.78 Å². The molecule has 0 bridgehead atoms. The summed E-state index contributed by atoms with van der Waals surface area (Å²) in [6.07, 6.45) is 1.61. The molecule has 2 heterocycles. The highest BCUT2D eigenvalue weighted by Crippen LogP contribution is 2.34. The molecule has 1 aromatic carbocycles. The number of Topliss-reactive ketones (excluding diaryl/α,β-unsaturated/α-hetero) is 1. The molecule has 1 aromatic heterocycles. The Labute approximate surface area is 163 Å². The number of carbonyl (C=O) groups excluding carboxylic acids is 1. The fourth-order valence-electron chi connectivity index (χ4n) is 3.09. The molecular weight excluding hydrogens is 383 g/mol. The minimum absolute atomic E-state index is 0.00523. The Morgan fingerprint density at radius 1 is 1.32 bits per heavy atom. The number of nitrogens with two attached hydrogens (primary N) is 1. The van der Waals surface area contributed by atoms with Gasteiger partial charge in [-0.05, 0) is 43.2 Å². The molecule has 1 atom stereocenters. The van der Waals surface area contributed by atoms with Gasteiger partial charge in [0.1, 0.15) is 17.1 Å². The molecule has 0 aliphatic carbocycles. The number of aryl methyl sites for hydroxylation is 1. The van der Waals surface area contributed by atoms with Crippen molar-refractivity contribution < 1.29 is 17.6 Å². The third kappa shape index (κ3) is 3.75. The van der Waals surface area contributed by atoms with E-state index in [1.54, 1.807) is 18.3 Å². The van der Waals surface area contributed by atoms with Gasteiger partial charge in [-0.15, -0.1) is 0 Å². The van der Waals surface area contributed by atoms with Crippen LogP contribution in [0.25, 0.3) is 0 Å². The van der Waals surface area contributed by atoms with Crippen molar-refractivity contribution >= 4 is 21.8 Å². The second-order valence-electron chi connectivity index (χ2n) is 7.10. The third-order valence-electron chi connectivity index (χ3n) is 4.74. The number of ketones is 1. The third-order valence-corrected chi connectivity index (χ3v) is 6.69. The lowest BCUT2D eigenvalue weighted by Crippen LogP contribution is -2.50. The van der Waals surface area contributed by atoms with Crippen molar-refractivity contribution in [2.45, 2.75) is 25.8 Å². The second kappa shape index (κ2) is 6.97. The molecule has 0 saturated carbocycles. The quantitative estimate of drug-likeness (QED) is 0.782. The lowest BCUT2D eigenvalue weighted by atomic mass is 9.91. The minimum atomic E-state index is -3.73. The van der Waals surface area contributed by atoms with Gasteiger partial charge in [0, 0.05) is 25.2 Å². The molecular formula is C19H21FN4O3S. The van der Waals surface area contributed by atoms with E-state index >= 15 is 0 Å². The molecule has 148 valence electrons. The lowest BCUT2D eigenvalue weighted by molar-refractivity contribution is 0.0988. The largest absolute Gasteiger partial charge is 0.369 e.